The molecular weight excluding hydrogens is 378 g/mol. The van der Waals surface area contributed by atoms with Crippen LogP contribution in [0.25, 0.3) is 0 Å². The number of rotatable bonds is 10. The van der Waals surface area contributed by atoms with Gasteiger partial charge in [-0.05, 0) is 30.5 Å². The zero-order valence-electron chi connectivity index (χ0n) is 16.3. The fourth-order valence-electron chi connectivity index (χ4n) is 2.86. The Kier molecular flexibility index (Phi) is 7.45. The number of benzene rings is 1. The van der Waals surface area contributed by atoms with Crippen LogP contribution in [0.15, 0.2) is 24.3 Å². The first kappa shape index (κ1) is 22.5. The Balaban J connectivity index is 2.08. The van der Waals surface area contributed by atoms with Gasteiger partial charge in [-0.1, -0.05) is 19.9 Å². The topological polar surface area (TPSA) is 152 Å². The third-order valence-corrected chi connectivity index (χ3v) is 4.60. The normalized spacial score (nSPS) is 19.7. The number of Topliss-reactive ketones (excluding diaryl/α,β-unsaturated/α-hetero) is 1. The first-order valence-corrected chi connectivity index (χ1v) is 9.27. The zero-order chi connectivity index (χ0) is 21.6. The molecule has 9 heteroatoms. The van der Waals surface area contributed by atoms with E-state index in [2.05, 4.69) is 10.6 Å². The molecule has 1 fully saturated rings. The molecule has 1 aliphatic heterocycles. The molecule has 0 saturated carbocycles. The van der Waals surface area contributed by atoms with E-state index >= 15 is 0 Å². The number of hydrogen-bond acceptors (Lipinski definition) is 7. The fourth-order valence-corrected chi connectivity index (χ4v) is 2.86. The van der Waals surface area contributed by atoms with Crippen LogP contribution in [0.1, 0.15) is 36.2 Å². The number of ether oxygens (including phenoxy) is 1. The van der Waals surface area contributed by atoms with E-state index in [1.807, 2.05) is 19.9 Å². The quantitative estimate of drug-likeness (QED) is 0.385. The minimum absolute atomic E-state index is 0.0645. The lowest BCUT2D eigenvalue weighted by atomic mass is 9.92. The van der Waals surface area contributed by atoms with Crippen LogP contribution in [0, 0.1) is 17.2 Å². The van der Waals surface area contributed by atoms with E-state index in [1.54, 1.807) is 0 Å². The highest BCUT2D eigenvalue weighted by Crippen LogP contribution is 2.30. The van der Waals surface area contributed by atoms with Crippen LogP contribution >= 0.6 is 0 Å². The van der Waals surface area contributed by atoms with Gasteiger partial charge in [-0.25, -0.2) is 0 Å². The van der Waals surface area contributed by atoms with E-state index in [0.717, 1.165) is 0 Å². The molecule has 4 N–H and O–H groups in total. The van der Waals surface area contributed by atoms with Crippen molar-refractivity contribution in [1.82, 2.24) is 10.6 Å². The van der Waals surface area contributed by atoms with Crippen LogP contribution in [0.5, 0.6) is 0 Å². The van der Waals surface area contributed by atoms with E-state index in [0.29, 0.717) is 6.42 Å². The van der Waals surface area contributed by atoms with Gasteiger partial charge in [0.1, 0.15) is 6.04 Å². The molecule has 29 heavy (non-hydrogen) atoms. The Labute approximate surface area is 168 Å². The van der Waals surface area contributed by atoms with Crippen molar-refractivity contribution in [3.63, 3.8) is 0 Å². The molecule has 1 aliphatic rings. The monoisotopic (exact) mass is 403 g/mol. The van der Waals surface area contributed by atoms with Gasteiger partial charge in [0, 0.05) is 5.56 Å². The predicted molar refractivity (Wildman–Crippen MR) is 102 cm³/mol. The molecule has 3 atom stereocenters. The Hall–Kier alpha value is -2.80. The highest BCUT2D eigenvalue weighted by molar-refractivity contribution is 6.00. The third-order valence-electron chi connectivity index (χ3n) is 4.60. The van der Waals surface area contributed by atoms with Crippen LogP contribution in [-0.2, 0) is 14.3 Å². The van der Waals surface area contributed by atoms with Crippen molar-refractivity contribution in [2.45, 2.75) is 38.0 Å². The van der Waals surface area contributed by atoms with Crippen LogP contribution in [0.4, 0.5) is 0 Å². The number of carbonyl (C=O) groups is 3. The maximum atomic E-state index is 12.7. The van der Waals surface area contributed by atoms with Gasteiger partial charge in [0.25, 0.3) is 5.91 Å². The number of carbonyl (C=O) groups excluding carboxylic acids is 3. The molecule has 1 heterocycles. The molecule has 1 saturated heterocycles. The summed E-state index contributed by atoms with van der Waals surface area (Å²) in [6.45, 7) is 2.67. The molecule has 0 aliphatic carbocycles. The Morgan fingerprint density at radius 3 is 2.45 bits per heavy atom. The van der Waals surface area contributed by atoms with E-state index in [9.17, 15) is 24.6 Å². The first-order chi connectivity index (χ1) is 13.8. The number of hydrogen-bond donors (Lipinski definition) is 4. The molecule has 2 amide bonds. The van der Waals surface area contributed by atoms with Gasteiger partial charge in [0.15, 0.2) is 11.4 Å². The van der Waals surface area contributed by atoms with Crippen LogP contribution < -0.4 is 10.6 Å². The number of aliphatic hydroxyl groups is 2. The minimum atomic E-state index is -1.29. The summed E-state index contributed by atoms with van der Waals surface area (Å²) < 4.78 is 5.09. The number of nitrogens with zero attached hydrogens (tertiary/aromatic N) is 1. The molecule has 2 rings (SSSR count). The summed E-state index contributed by atoms with van der Waals surface area (Å²) in [7, 11) is 0. The average Bonchev–Trinajstić information content (AvgIpc) is 3.51. The predicted octanol–water partition coefficient (Wildman–Crippen LogP) is -0.490. The number of epoxide rings is 1. The molecule has 1 aromatic carbocycles. The fraction of sp³-hybridized carbons (Fsp3) is 0.500. The van der Waals surface area contributed by atoms with Crippen molar-refractivity contribution in [2.24, 2.45) is 5.92 Å². The van der Waals surface area contributed by atoms with Crippen LogP contribution in [-0.4, -0.2) is 65.3 Å². The highest BCUT2D eigenvalue weighted by Gasteiger charge is 2.54. The zero-order valence-corrected chi connectivity index (χ0v) is 16.3. The lowest BCUT2D eigenvalue weighted by Gasteiger charge is -2.24. The summed E-state index contributed by atoms with van der Waals surface area (Å²) in [5.74, 6) is -1.74. The molecule has 156 valence electrons. The maximum Gasteiger partial charge on any atom is 0.252 e. The SMILES string of the molecule is CC(C)CC(NC(=O)[C@H](CO)NC(=O)c1cccc(C#N)c1)C(=O)C1(CO)CO1. The number of ketones is 1. The number of aliphatic hydroxyl groups excluding tert-OH is 2. The Morgan fingerprint density at radius 1 is 1.24 bits per heavy atom. The molecule has 9 nitrogen and oxygen atoms in total. The van der Waals surface area contributed by atoms with Crippen molar-refractivity contribution < 1.29 is 29.3 Å². The number of nitriles is 1. The van der Waals surface area contributed by atoms with Crippen molar-refractivity contribution in [2.75, 3.05) is 19.8 Å². The second-order valence-electron chi connectivity index (χ2n) is 7.40. The molecule has 2 unspecified atom stereocenters. The average molecular weight is 403 g/mol. The largest absolute Gasteiger partial charge is 0.394 e. The van der Waals surface area contributed by atoms with Gasteiger partial charge in [0.2, 0.25) is 5.91 Å². The van der Waals surface area contributed by atoms with Gasteiger partial charge >= 0.3 is 0 Å². The second kappa shape index (κ2) is 9.60. The summed E-state index contributed by atoms with van der Waals surface area (Å²) in [6, 6.07) is 5.60. The molecule has 1 aromatic rings. The third kappa shape index (κ3) is 5.60. The highest BCUT2D eigenvalue weighted by atomic mass is 16.6. The summed E-state index contributed by atoms with van der Waals surface area (Å²) in [4.78, 5) is 37.6. The van der Waals surface area contributed by atoms with Gasteiger partial charge < -0.3 is 25.6 Å². The van der Waals surface area contributed by atoms with Gasteiger partial charge in [-0.3, -0.25) is 14.4 Å². The van der Waals surface area contributed by atoms with E-state index in [-0.39, 0.29) is 23.7 Å². The number of nitrogens with one attached hydrogen (secondary N) is 2. The van der Waals surface area contributed by atoms with Crippen LogP contribution in [0.2, 0.25) is 0 Å². The van der Waals surface area contributed by atoms with Crippen molar-refractivity contribution in [1.29, 1.82) is 5.26 Å². The minimum Gasteiger partial charge on any atom is -0.394 e. The lowest BCUT2D eigenvalue weighted by Crippen LogP contribution is -2.55. The second-order valence-corrected chi connectivity index (χ2v) is 7.40. The molecule has 0 radical (unpaired) electrons. The first-order valence-electron chi connectivity index (χ1n) is 9.27. The number of amides is 2. The lowest BCUT2D eigenvalue weighted by molar-refractivity contribution is -0.133. The van der Waals surface area contributed by atoms with Crippen molar-refractivity contribution >= 4 is 17.6 Å². The molecule has 0 aromatic heterocycles. The van der Waals surface area contributed by atoms with Crippen molar-refractivity contribution in [3.8, 4) is 6.07 Å². The van der Waals surface area contributed by atoms with Crippen LogP contribution in [0.3, 0.4) is 0 Å². The summed E-state index contributed by atoms with van der Waals surface area (Å²) in [6.07, 6.45) is 0.312. The van der Waals surface area contributed by atoms with E-state index < -0.39 is 48.5 Å². The maximum absolute atomic E-state index is 12.7. The standard InChI is InChI=1S/C20H25N3O6/c1-12(2)6-15(17(26)20(10-25)11-29-20)22-19(28)16(9-24)23-18(27)14-5-3-4-13(7-14)8-21/h3-5,7,12,15-16,24-25H,6,9-11H2,1-2H3,(H,22,28)(H,23,27)/t15?,16-,20?/m0/s1. The van der Waals surface area contributed by atoms with Crippen molar-refractivity contribution in [3.05, 3.63) is 35.4 Å². The molecular formula is C20H25N3O6. The summed E-state index contributed by atoms with van der Waals surface area (Å²) in [5, 5.41) is 32.9. The summed E-state index contributed by atoms with van der Waals surface area (Å²) >= 11 is 0. The molecule has 0 bridgehead atoms. The van der Waals surface area contributed by atoms with Gasteiger partial charge in [-0.15, -0.1) is 0 Å². The van der Waals surface area contributed by atoms with Gasteiger partial charge in [0.05, 0.1) is 37.5 Å². The Bertz CT molecular complexity index is 813. The van der Waals surface area contributed by atoms with E-state index in [1.165, 1.54) is 24.3 Å². The van der Waals surface area contributed by atoms with Gasteiger partial charge in [-0.2, -0.15) is 5.26 Å². The smallest absolute Gasteiger partial charge is 0.252 e. The summed E-state index contributed by atoms with van der Waals surface area (Å²) in [5.41, 5.74) is -0.845. The molecule has 0 spiro atoms. The Morgan fingerprint density at radius 2 is 1.93 bits per heavy atom. The van der Waals surface area contributed by atoms with E-state index in [4.69, 9.17) is 10.00 Å².